The number of likely N-dealkylation sites (N-methyl/N-ethyl adjacent to an activating group) is 1. The maximum absolute atomic E-state index is 12.0. The Labute approximate surface area is 146 Å². The van der Waals surface area contributed by atoms with E-state index in [9.17, 15) is 4.79 Å². The lowest BCUT2D eigenvalue weighted by Crippen LogP contribution is -2.34. The number of nitrogens with one attached hydrogen (secondary N) is 1. The van der Waals surface area contributed by atoms with Gasteiger partial charge in [-0.15, -0.1) is 11.3 Å². The number of carbonyl (C=O) groups is 1. The molecule has 3 heterocycles. The zero-order valence-corrected chi connectivity index (χ0v) is 15.5. The van der Waals surface area contributed by atoms with Gasteiger partial charge < -0.3 is 10.1 Å². The van der Waals surface area contributed by atoms with E-state index in [1.807, 2.05) is 13.8 Å². The molecule has 0 saturated carbocycles. The molecular formula is C17H24N4O2S. The van der Waals surface area contributed by atoms with Gasteiger partial charge in [0.1, 0.15) is 21.3 Å². The van der Waals surface area contributed by atoms with Crippen LogP contribution in [-0.4, -0.2) is 53.6 Å². The van der Waals surface area contributed by atoms with Crippen LogP contribution in [0.4, 0.5) is 5.82 Å². The number of aromatic nitrogens is 2. The highest BCUT2D eigenvalue weighted by Crippen LogP contribution is 2.34. The first kappa shape index (κ1) is 17.1. The minimum absolute atomic E-state index is 0.313. The number of rotatable bonds is 5. The van der Waals surface area contributed by atoms with Crippen LogP contribution in [0.1, 0.15) is 40.8 Å². The Bertz CT molecular complexity index is 759. The van der Waals surface area contributed by atoms with Crippen LogP contribution in [0, 0.1) is 13.8 Å². The molecule has 0 radical (unpaired) electrons. The number of aryl methyl sites for hydroxylation is 2. The fourth-order valence-corrected chi connectivity index (χ4v) is 4.56. The Balaban J connectivity index is 1.92. The number of ether oxygens (including phenoxy) is 1. The largest absolute Gasteiger partial charge is 0.465 e. The Morgan fingerprint density at radius 1 is 1.42 bits per heavy atom. The summed E-state index contributed by atoms with van der Waals surface area (Å²) in [4.78, 5) is 25.0. The lowest BCUT2D eigenvalue weighted by atomic mass is 10.2. The topological polar surface area (TPSA) is 67.3 Å². The summed E-state index contributed by atoms with van der Waals surface area (Å²) in [5, 5.41) is 4.44. The van der Waals surface area contributed by atoms with Gasteiger partial charge in [-0.1, -0.05) is 6.92 Å². The van der Waals surface area contributed by atoms with E-state index in [-0.39, 0.29) is 5.97 Å². The predicted octanol–water partition coefficient (Wildman–Crippen LogP) is 2.99. The number of nitrogens with zero attached hydrogens (tertiary/aromatic N) is 3. The van der Waals surface area contributed by atoms with Gasteiger partial charge in [0.25, 0.3) is 0 Å². The van der Waals surface area contributed by atoms with E-state index in [4.69, 9.17) is 4.74 Å². The van der Waals surface area contributed by atoms with Crippen LogP contribution in [0.2, 0.25) is 0 Å². The molecule has 0 spiro atoms. The molecule has 0 aromatic carbocycles. The van der Waals surface area contributed by atoms with Gasteiger partial charge in [-0.25, -0.2) is 14.8 Å². The molecule has 1 saturated heterocycles. The maximum atomic E-state index is 12.0. The highest BCUT2D eigenvalue weighted by atomic mass is 32.1. The molecule has 1 atom stereocenters. The third kappa shape index (κ3) is 3.10. The zero-order valence-electron chi connectivity index (χ0n) is 14.7. The first-order valence-corrected chi connectivity index (χ1v) is 9.20. The van der Waals surface area contributed by atoms with Crippen LogP contribution in [0.15, 0.2) is 0 Å². The third-order valence-electron chi connectivity index (χ3n) is 4.68. The first-order valence-electron chi connectivity index (χ1n) is 8.39. The quantitative estimate of drug-likeness (QED) is 0.838. The number of hydrogen-bond acceptors (Lipinski definition) is 7. The minimum atomic E-state index is -0.313. The van der Waals surface area contributed by atoms with Gasteiger partial charge in [0.2, 0.25) is 0 Å². The summed E-state index contributed by atoms with van der Waals surface area (Å²) in [6.45, 7) is 9.13. The van der Waals surface area contributed by atoms with Gasteiger partial charge >= 0.3 is 5.97 Å². The van der Waals surface area contributed by atoms with Crippen molar-refractivity contribution >= 4 is 33.3 Å². The third-order valence-corrected chi connectivity index (χ3v) is 5.85. The van der Waals surface area contributed by atoms with E-state index < -0.39 is 0 Å². The lowest BCUT2D eigenvalue weighted by molar-refractivity contribution is 0.0605. The van der Waals surface area contributed by atoms with Gasteiger partial charge in [-0.3, -0.25) is 4.90 Å². The van der Waals surface area contributed by atoms with E-state index >= 15 is 0 Å². The predicted molar refractivity (Wildman–Crippen MR) is 97.0 cm³/mol. The summed E-state index contributed by atoms with van der Waals surface area (Å²) in [7, 11) is 1.40. The van der Waals surface area contributed by atoms with Crippen molar-refractivity contribution in [1.29, 1.82) is 0 Å². The standard InChI is InChI=1S/C17H24N4O2S/c1-5-21-8-6-7-12(21)9-18-15-13-10(2)14(17(22)23-4)24-16(13)20-11(3)19-15/h12H,5-9H2,1-4H3,(H,18,19,20). The van der Waals surface area contributed by atoms with Crippen LogP contribution in [-0.2, 0) is 4.74 Å². The van der Waals surface area contributed by atoms with Gasteiger partial charge in [0, 0.05) is 12.6 Å². The summed E-state index contributed by atoms with van der Waals surface area (Å²) in [5.74, 6) is 1.22. The molecule has 0 bridgehead atoms. The van der Waals surface area contributed by atoms with Crippen LogP contribution < -0.4 is 5.32 Å². The molecule has 3 rings (SSSR count). The lowest BCUT2D eigenvalue weighted by Gasteiger charge is -2.23. The highest BCUT2D eigenvalue weighted by Gasteiger charge is 2.24. The van der Waals surface area contributed by atoms with Crippen molar-refractivity contribution in [2.24, 2.45) is 0 Å². The number of methoxy groups -OCH3 is 1. The molecule has 0 aliphatic carbocycles. The SMILES string of the molecule is CCN1CCCC1CNc1nc(C)nc2sc(C(=O)OC)c(C)c12. The Morgan fingerprint density at radius 2 is 2.21 bits per heavy atom. The molecule has 2 aromatic heterocycles. The smallest absolute Gasteiger partial charge is 0.348 e. The number of esters is 1. The summed E-state index contributed by atoms with van der Waals surface area (Å²) < 4.78 is 4.88. The van der Waals surface area contributed by atoms with E-state index in [0.717, 1.165) is 34.7 Å². The Kier molecular flexibility index (Phi) is 5.01. The van der Waals surface area contributed by atoms with E-state index in [1.54, 1.807) is 0 Å². The molecule has 1 unspecified atom stereocenters. The Hall–Kier alpha value is -1.73. The highest BCUT2D eigenvalue weighted by molar-refractivity contribution is 7.20. The molecule has 24 heavy (non-hydrogen) atoms. The second kappa shape index (κ2) is 7.03. The summed E-state index contributed by atoms with van der Waals surface area (Å²) >= 11 is 1.37. The van der Waals surface area contributed by atoms with Gasteiger partial charge in [-0.2, -0.15) is 0 Å². The average Bonchev–Trinajstić information content (AvgIpc) is 3.16. The number of carbonyl (C=O) groups excluding carboxylic acids is 1. The second-order valence-electron chi connectivity index (χ2n) is 6.15. The number of anilines is 1. The van der Waals surface area contributed by atoms with Crippen LogP contribution in [0.25, 0.3) is 10.2 Å². The summed E-state index contributed by atoms with van der Waals surface area (Å²) in [6.07, 6.45) is 2.46. The van der Waals surface area contributed by atoms with Crippen molar-refractivity contribution in [3.05, 3.63) is 16.3 Å². The average molecular weight is 348 g/mol. The van der Waals surface area contributed by atoms with Gasteiger partial charge in [0.15, 0.2) is 0 Å². The second-order valence-corrected chi connectivity index (χ2v) is 7.15. The molecule has 1 N–H and O–H groups in total. The fourth-order valence-electron chi connectivity index (χ4n) is 3.42. The number of hydrogen-bond donors (Lipinski definition) is 1. The molecular weight excluding hydrogens is 324 g/mol. The molecule has 1 fully saturated rings. The molecule has 2 aromatic rings. The van der Waals surface area contributed by atoms with Crippen molar-refractivity contribution in [3.63, 3.8) is 0 Å². The molecule has 7 heteroatoms. The van der Waals surface area contributed by atoms with Crippen molar-refractivity contribution in [2.45, 2.75) is 39.7 Å². The van der Waals surface area contributed by atoms with Crippen LogP contribution in [0.5, 0.6) is 0 Å². The monoisotopic (exact) mass is 348 g/mol. The minimum Gasteiger partial charge on any atom is -0.465 e. The number of fused-ring (bicyclic) bond motifs is 1. The van der Waals surface area contributed by atoms with E-state index in [2.05, 4.69) is 27.1 Å². The van der Waals surface area contributed by atoms with E-state index in [1.165, 1.54) is 37.8 Å². The van der Waals surface area contributed by atoms with Gasteiger partial charge in [0.05, 0.1) is 12.5 Å². The zero-order chi connectivity index (χ0) is 17.3. The van der Waals surface area contributed by atoms with Gasteiger partial charge in [-0.05, 0) is 45.3 Å². The molecule has 130 valence electrons. The molecule has 1 aliphatic rings. The summed E-state index contributed by atoms with van der Waals surface area (Å²) in [6, 6.07) is 0.541. The summed E-state index contributed by atoms with van der Waals surface area (Å²) in [5.41, 5.74) is 0.892. The van der Waals surface area contributed by atoms with Crippen molar-refractivity contribution < 1.29 is 9.53 Å². The van der Waals surface area contributed by atoms with Crippen molar-refractivity contribution in [3.8, 4) is 0 Å². The Morgan fingerprint density at radius 3 is 2.92 bits per heavy atom. The van der Waals surface area contributed by atoms with E-state index in [0.29, 0.717) is 16.7 Å². The maximum Gasteiger partial charge on any atom is 0.348 e. The van der Waals surface area contributed by atoms with Crippen LogP contribution >= 0.6 is 11.3 Å². The van der Waals surface area contributed by atoms with Crippen LogP contribution in [0.3, 0.4) is 0 Å². The number of thiophene rings is 1. The molecule has 6 nitrogen and oxygen atoms in total. The van der Waals surface area contributed by atoms with Crippen molar-refractivity contribution in [2.75, 3.05) is 32.1 Å². The first-order chi connectivity index (χ1) is 11.5. The fraction of sp³-hybridized carbons (Fsp3) is 0.588. The number of likely N-dealkylation sites (tertiary alicyclic amines) is 1. The molecule has 0 amide bonds. The van der Waals surface area contributed by atoms with Crippen molar-refractivity contribution in [1.82, 2.24) is 14.9 Å². The normalized spacial score (nSPS) is 18.2. The molecule has 1 aliphatic heterocycles.